The number of carbonyl (C=O) groups is 1. The first-order chi connectivity index (χ1) is 11.5. The van der Waals surface area contributed by atoms with E-state index in [1.165, 1.54) is 10.9 Å². The van der Waals surface area contributed by atoms with E-state index in [0.29, 0.717) is 6.61 Å². The minimum Gasteiger partial charge on any atom is -0.373 e. The number of amides is 1. The molecule has 1 amide bonds. The molecule has 1 heterocycles. The molecule has 0 unspecified atom stereocenters. The second-order valence-electron chi connectivity index (χ2n) is 6.75. The van der Waals surface area contributed by atoms with E-state index in [1.807, 2.05) is 30.3 Å². The highest BCUT2D eigenvalue weighted by atomic mass is 16.5. The summed E-state index contributed by atoms with van der Waals surface area (Å²) in [6.07, 6.45) is 2.19. The van der Waals surface area contributed by atoms with Gasteiger partial charge in [-0.05, 0) is 12.0 Å². The summed E-state index contributed by atoms with van der Waals surface area (Å²) >= 11 is 0. The topological polar surface area (TPSA) is 89.0 Å². The van der Waals surface area contributed by atoms with Gasteiger partial charge in [-0.15, -0.1) is 0 Å². The lowest BCUT2D eigenvalue weighted by molar-refractivity contribution is -0.141. The number of carbonyl (C=O) groups excluding carboxylic acids is 1. The smallest absolute Gasteiger partial charge is 0.343 e. The van der Waals surface area contributed by atoms with Crippen molar-refractivity contribution >= 4 is 5.91 Å². The van der Waals surface area contributed by atoms with Gasteiger partial charge in [0.15, 0.2) is 0 Å². The lowest BCUT2D eigenvalue weighted by Crippen LogP contribution is -2.62. The maximum Gasteiger partial charge on any atom is 0.343 e. The predicted octanol–water partition coefficient (Wildman–Crippen LogP) is 1.07. The first kappa shape index (κ1) is 16.4. The van der Waals surface area contributed by atoms with Crippen molar-refractivity contribution < 1.29 is 9.53 Å². The molecule has 1 saturated carbocycles. The van der Waals surface area contributed by atoms with Gasteiger partial charge in [0.25, 0.3) is 0 Å². The van der Waals surface area contributed by atoms with E-state index in [-0.39, 0.29) is 35.7 Å². The first-order valence-electron chi connectivity index (χ1n) is 8.01. The molecule has 1 aliphatic rings. The summed E-state index contributed by atoms with van der Waals surface area (Å²) in [4.78, 5) is 23.5. The van der Waals surface area contributed by atoms with Crippen LogP contribution in [-0.4, -0.2) is 32.8 Å². The van der Waals surface area contributed by atoms with Crippen LogP contribution in [0.25, 0.3) is 0 Å². The molecule has 2 atom stereocenters. The fourth-order valence-corrected chi connectivity index (χ4v) is 2.96. The van der Waals surface area contributed by atoms with Crippen LogP contribution in [0.2, 0.25) is 0 Å². The molecule has 24 heavy (non-hydrogen) atoms. The van der Waals surface area contributed by atoms with Gasteiger partial charge in [-0.2, -0.15) is 5.10 Å². The summed E-state index contributed by atoms with van der Waals surface area (Å²) in [7, 11) is 0. The molecule has 0 radical (unpaired) electrons. The molecule has 1 aromatic heterocycles. The minimum absolute atomic E-state index is 0.0303. The number of nitrogens with zero attached hydrogens (tertiary/aromatic N) is 2. The summed E-state index contributed by atoms with van der Waals surface area (Å²) in [6.45, 7) is 4.71. The van der Waals surface area contributed by atoms with E-state index >= 15 is 0 Å². The third-order valence-electron chi connectivity index (χ3n) is 4.74. The Morgan fingerprint density at radius 3 is 2.79 bits per heavy atom. The van der Waals surface area contributed by atoms with Crippen LogP contribution in [-0.2, 0) is 22.7 Å². The Morgan fingerprint density at radius 1 is 1.42 bits per heavy atom. The summed E-state index contributed by atoms with van der Waals surface area (Å²) < 4.78 is 7.24. The van der Waals surface area contributed by atoms with Crippen molar-refractivity contribution in [2.45, 2.75) is 45.6 Å². The number of benzene rings is 1. The highest BCUT2D eigenvalue weighted by molar-refractivity contribution is 5.76. The molecule has 7 heteroatoms. The number of aromatic nitrogens is 3. The Morgan fingerprint density at radius 2 is 2.17 bits per heavy atom. The second kappa shape index (κ2) is 6.60. The monoisotopic (exact) mass is 330 g/mol. The Labute approximate surface area is 140 Å². The summed E-state index contributed by atoms with van der Waals surface area (Å²) in [5, 5.41) is 8.86. The van der Waals surface area contributed by atoms with Crippen molar-refractivity contribution in [2.24, 2.45) is 5.41 Å². The second-order valence-corrected chi connectivity index (χ2v) is 6.75. The van der Waals surface area contributed by atoms with Gasteiger partial charge in [0.2, 0.25) is 5.91 Å². The van der Waals surface area contributed by atoms with Crippen LogP contribution in [0.4, 0.5) is 0 Å². The van der Waals surface area contributed by atoms with E-state index in [4.69, 9.17) is 4.74 Å². The van der Waals surface area contributed by atoms with E-state index in [9.17, 15) is 9.59 Å². The average molecular weight is 330 g/mol. The summed E-state index contributed by atoms with van der Waals surface area (Å²) in [6, 6.07) is 10.1. The van der Waals surface area contributed by atoms with Gasteiger partial charge in [0.05, 0.1) is 12.7 Å². The van der Waals surface area contributed by atoms with Crippen molar-refractivity contribution in [2.75, 3.05) is 0 Å². The molecule has 128 valence electrons. The highest BCUT2D eigenvalue weighted by Gasteiger charge is 2.49. The van der Waals surface area contributed by atoms with Crippen LogP contribution in [0, 0.1) is 5.41 Å². The van der Waals surface area contributed by atoms with Gasteiger partial charge in [-0.1, -0.05) is 44.2 Å². The lowest BCUT2D eigenvalue weighted by atomic mass is 9.64. The molecule has 1 aromatic carbocycles. The van der Waals surface area contributed by atoms with Crippen molar-refractivity contribution in [1.82, 2.24) is 20.1 Å². The number of aromatic amines is 1. The highest BCUT2D eigenvalue weighted by Crippen LogP contribution is 2.43. The molecular weight excluding hydrogens is 308 g/mol. The maximum absolute atomic E-state index is 12.1. The molecule has 1 fully saturated rings. The first-order valence-corrected chi connectivity index (χ1v) is 8.01. The van der Waals surface area contributed by atoms with Gasteiger partial charge in [-0.3, -0.25) is 9.36 Å². The van der Waals surface area contributed by atoms with E-state index in [0.717, 1.165) is 12.0 Å². The van der Waals surface area contributed by atoms with Gasteiger partial charge < -0.3 is 10.1 Å². The van der Waals surface area contributed by atoms with Crippen LogP contribution in [0.1, 0.15) is 25.8 Å². The zero-order valence-electron chi connectivity index (χ0n) is 13.9. The molecule has 2 N–H and O–H groups in total. The van der Waals surface area contributed by atoms with Crippen molar-refractivity contribution in [3.05, 3.63) is 52.7 Å². The molecular formula is C17H22N4O3. The average Bonchev–Trinajstić information content (AvgIpc) is 2.96. The standard InChI is InChI=1S/C17H22N4O3/c1-17(2)13(19-15(22)9-21-11-18-20-16(21)23)8-14(17)24-10-12-6-4-3-5-7-12/h3-7,11,13-14H,8-10H2,1-2H3,(H,19,22)(H,20,23)/t13-,14+/m1/s1. The lowest BCUT2D eigenvalue weighted by Gasteiger charge is -2.51. The zero-order valence-corrected chi connectivity index (χ0v) is 13.9. The van der Waals surface area contributed by atoms with Crippen molar-refractivity contribution in [1.29, 1.82) is 0 Å². The SMILES string of the molecule is CC1(C)[C@@H](OCc2ccccc2)C[C@H]1NC(=O)Cn1cn[nH]c1=O. The maximum atomic E-state index is 12.1. The third-order valence-corrected chi connectivity index (χ3v) is 4.74. The number of nitrogens with one attached hydrogen (secondary N) is 2. The van der Waals surface area contributed by atoms with Crippen LogP contribution in [0.3, 0.4) is 0 Å². The van der Waals surface area contributed by atoms with Crippen LogP contribution in [0.15, 0.2) is 41.5 Å². The van der Waals surface area contributed by atoms with Gasteiger partial charge >= 0.3 is 5.69 Å². The normalized spacial score (nSPS) is 21.9. The summed E-state index contributed by atoms with van der Waals surface area (Å²) in [5.74, 6) is -0.196. The van der Waals surface area contributed by atoms with E-state index in [1.54, 1.807) is 0 Å². The zero-order chi connectivity index (χ0) is 17.2. The van der Waals surface area contributed by atoms with E-state index in [2.05, 4.69) is 29.4 Å². The molecule has 0 aliphatic heterocycles. The Bertz CT molecular complexity index is 750. The largest absolute Gasteiger partial charge is 0.373 e. The number of rotatable bonds is 6. The third kappa shape index (κ3) is 3.41. The fourth-order valence-electron chi connectivity index (χ4n) is 2.96. The number of ether oxygens (including phenoxy) is 1. The Kier molecular flexibility index (Phi) is 4.53. The Hall–Kier alpha value is -2.41. The van der Waals surface area contributed by atoms with Gasteiger partial charge in [0, 0.05) is 11.5 Å². The quantitative estimate of drug-likeness (QED) is 0.829. The predicted molar refractivity (Wildman–Crippen MR) is 88.2 cm³/mol. The molecule has 0 bridgehead atoms. The van der Waals surface area contributed by atoms with Crippen LogP contribution >= 0.6 is 0 Å². The molecule has 0 spiro atoms. The van der Waals surface area contributed by atoms with Crippen LogP contribution < -0.4 is 11.0 Å². The minimum atomic E-state index is -0.387. The fraction of sp³-hybridized carbons (Fsp3) is 0.471. The molecule has 0 saturated heterocycles. The molecule has 2 aromatic rings. The molecule has 3 rings (SSSR count). The number of H-pyrrole nitrogens is 1. The van der Waals surface area contributed by atoms with Crippen LogP contribution in [0.5, 0.6) is 0 Å². The number of hydrogen-bond donors (Lipinski definition) is 2. The Balaban J connectivity index is 1.49. The van der Waals surface area contributed by atoms with Crippen molar-refractivity contribution in [3.63, 3.8) is 0 Å². The number of hydrogen-bond acceptors (Lipinski definition) is 4. The van der Waals surface area contributed by atoms with Crippen molar-refractivity contribution in [3.8, 4) is 0 Å². The molecule has 1 aliphatic carbocycles. The summed E-state index contributed by atoms with van der Waals surface area (Å²) in [5.41, 5.74) is 0.605. The molecule has 7 nitrogen and oxygen atoms in total. The van der Waals surface area contributed by atoms with E-state index < -0.39 is 0 Å². The van der Waals surface area contributed by atoms with Gasteiger partial charge in [-0.25, -0.2) is 9.89 Å². The van der Waals surface area contributed by atoms with Gasteiger partial charge in [0.1, 0.15) is 12.9 Å².